The summed E-state index contributed by atoms with van der Waals surface area (Å²) in [6.07, 6.45) is 3.73. The van der Waals surface area contributed by atoms with Crippen molar-refractivity contribution in [2.45, 2.75) is 26.7 Å². The zero-order chi connectivity index (χ0) is 9.42. The van der Waals surface area contributed by atoms with Crippen LogP contribution in [-0.2, 0) is 0 Å². The maximum Gasteiger partial charge on any atom is 0.0645 e. The molecule has 0 aliphatic rings. The monoisotopic (exact) mass is 174 g/mol. The number of aromatic nitrogens is 2. The van der Waals surface area contributed by atoms with Crippen molar-refractivity contribution in [1.29, 1.82) is 0 Å². The lowest BCUT2D eigenvalue weighted by Crippen LogP contribution is -1.87. The number of hydrogen-bond acceptors (Lipinski definition) is 1. The van der Waals surface area contributed by atoms with Gasteiger partial charge in [-0.25, -0.2) is 0 Å². The number of pyridine rings is 1. The van der Waals surface area contributed by atoms with E-state index in [4.69, 9.17) is 0 Å². The number of H-pyrrole nitrogens is 1. The van der Waals surface area contributed by atoms with E-state index in [1.54, 1.807) is 0 Å². The van der Waals surface area contributed by atoms with Crippen molar-refractivity contribution in [1.82, 2.24) is 9.97 Å². The minimum absolute atomic E-state index is 0.566. The Labute approximate surface area is 78.0 Å². The fraction of sp³-hybridized carbons (Fsp3) is 0.364. The maximum absolute atomic E-state index is 4.10. The lowest BCUT2D eigenvalue weighted by atomic mass is 10.0. The highest BCUT2D eigenvalue weighted by molar-refractivity contribution is 5.84. The third kappa shape index (κ3) is 1.22. The summed E-state index contributed by atoms with van der Waals surface area (Å²) in [7, 11) is 0. The predicted octanol–water partition coefficient (Wildman–Crippen LogP) is 2.99. The average molecular weight is 174 g/mol. The van der Waals surface area contributed by atoms with E-state index in [9.17, 15) is 0 Å². The Kier molecular flexibility index (Phi) is 1.83. The highest BCUT2D eigenvalue weighted by atomic mass is 14.7. The van der Waals surface area contributed by atoms with Crippen LogP contribution >= 0.6 is 0 Å². The molecule has 0 fully saturated rings. The molecule has 0 saturated heterocycles. The molecule has 0 aromatic carbocycles. The van der Waals surface area contributed by atoms with Gasteiger partial charge in [0.05, 0.1) is 11.7 Å². The van der Waals surface area contributed by atoms with Crippen LogP contribution in [0.5, 0.6) is 0 Å². The second kappa shape index (κ2) is 2.87. The molecule has 2 nitrogen and oxygen atoms in total. The number of aromatic amines is 1. The molecule has 13 heavy (non-hydrogen) atoms. The van der Waals surface area contributed by atoms with Crippen LogP contribution < -0.4 is 0 Å². The summed E-state index contributed by atoms with van der Waals surface area (Å²) in [4.78, 5) is 7.44. The molecule has 0 saturated carbocycles. The quantitative estimate of drug-likeness (QED) is 0.707. The van der Waals surface area contributed by atoms with Gasteiger partial charge in [-0.3, -0.25) is 4.98 Å². The highest BCUT2D eigenvalue weighted by Gasteiger charge is 2.10. The minimum atomic E-state index is 0.566. The number of nitrogens with zero attached hydrogens (tertiary/aromatic N) is 1. The van der Waals surface area contributed by atoms with Crippen LogP contribution in [0.2, 0.25) is 0 Å². The summed E-state index contributed by atoms with van der Waals surface area (Å²) in [6.45, 7) is 6.56. The fourth-order valence-corrected chi connectivity index (χ4v) is 1.94. The van der Waals surface area contributed by atoms with Gasteiger partial charge in [0, 0.05) is 17.3 Å². The molecule has 0 amide bonds. The first kappa shape index (κ1) is 8.30. The van der Waals surface area contributed by atoms with Crippen molar-refractivity contribution in [3.8, 4) is 0 Å². The summed E-state index contributed by atoms with van der Waals surface area (Å²) in [6, 6.07) is 2.08. The molecular formula is C11H14N2. The van der Waals surface area contributed by atoms with Crippen LogP contribution in [-0.4, -0.2) is 9.97 Å². The van der Waals surface area contributed by atoms with Crippen molar-refractivity contribution in [3.05, 3.63) is 29.7 Å². The van der Waals surface area contributed by atoms with Crippen LogP contribution in [0, 0.1) is 6.92 Å². The van der Waals surface area contributed by atoms with E-state index >= 15 is 0 Å². The largest absolute Gasteiger partial charge is 0.357 e. The van der Waals surface area contributed by atoms with E-state index in [1.165, 1.54) is 16.6 Å². The van der Waals surface area contributed by atoms with Gasteiger partial charge in [0.2, 0.25) is 0 Å². The van der Waals surface area contributed by atoms with Gasteiger partial charge in [-0.05, 0) is 24.5 Å². The molecule has 2 aromatic heterocycles. The smallest absolute Gasteiger partial charge is 0.0645 e. The van der Waals surface area contributed by atoms with E-state index in [-0.39, 0.29) is 0 Å². The molecule has 0 bridgehead atoms. The Morgan fingerprint density at radius 3 is 2.85 bits per heavy atom. The summed E-state index contributed by atoms with van der Waals surface area (Å²) < 4.78 is 0. The Morgan fingerprint density at radius 2 is 2.15 bits per heavy atom. The summed E-state index contributed by atoms with van der Waals surface area (Å²) in [5, 5.41) is 1.31. The maximum atomic E-state index is 4.10. The van der Waals surface area contributed by atoms with Crippen molar-refractivity contribution in [3.63, 3.8) is 0 Å². The molecule has 2 heterocycles. The van der Waals surface area contributed by atoms with Crippen LogP contribution in [0.3, 0.4) is 0 Å². The van der Waals surface area contributed by atoms with Crippen LogP contribution in [0.4, 0.5) is 0 Å². The molecule has 2 rings (SSSR count). The van der Waals surface area contributed by atoms with Gasteiger partial charge in [0.1, 0.15) is 0 Å². The third-order valence-corrected chi connectivity index (χ3v) is 2.41. The van der Waals surface area contributed by atoms with E-state index in [0.717, 1.165) is 5.52 Å². The van der Waals surface area contributed by atoms with Crippen molar-refractivity contribution >= 4 is 10.9 Å². The lowest BCUT2D eigenvalue weighted by molar-refractivity contribution is 0.864. The van der Waals surface area contributed by atoms with Gasteiger partial charge in [-0.2, -0.15) is 0 Å². The van der Waals surface area contributed by atoms with Gasteiger partial charge in [-0.1, -0.05) is 13.8 Å². The van der Waals surface area contributed by atoms with Crippen LogP contribution in [0.1, 0.15) is 31.0 Å². The van der Waals surface area contributed by atoms with Crippen LogP contribution in [0.25, 0.3) is 10.9 Å². The standard InChI is InChI=1S/C11H14N2/c1-7(2)11-8(3)13-10-6-12-5-4-9(10)11/h4-7,13H,1-3H3. The Balaban J connectivity index is 2.78. The zero-order valence-electron chi connectivity index (χ0n) is 8.26. The molecule has 1 N–H and O–H groups in total. The third-order valence-electron chi connectivity index (χ3n) is 2.41. The normalized spacial score (nSPS) is 11.4. The van der Waals surface area contributed by atoms with Crippen molar-refractivity contribution in [2.24, 2.45) is 0 Å². The van der Waals surface area contributed by atoms with Gasteiger partial charge in [0.15, 0.2) is 0 Å². The number of nitrogens with one attached hydrogen (secondary N) is 1. The number of aryl methyl sites for hydroxylation is 1. The Hall–Kier alpha value is -1.31. The van der Waals surface area contributed by atoms with Crippen LogP contribution in [0.15, 0.2) is 18.5 Å². The number of hydrogen-bond donors (Lipinski definition) is 1. The molecule has 0 aliphatic heterocycles. The SMILES string of the molecule is Cc1[nH]c2cnccc2c1C(C)C. The van der Waals surface area contributed by atoms with Crippen molar-refractivity contribution < 1.29 is 0 Å². The first-order valence-corrected chi connectivity index (χ1v) is 4.62. The molecule has 0 radical (unpaired) electrons. The van der Waals surface area contributed by atoms with E-state index in [1.807, 2.05) is 12.4 Å². The topological polar surface area (TPSA) is 28.7 Å². The Bertz CT molecular complexity index is 427. The highest BCUT2D eigenvalue weighted by Crippen LogP contribution is 2.27. The molecule has 0 spiro atoms. The van der Waals surface area contributed by atoms with E-state index in [0.29, 0.717) is 5.92 Å². The van der Waals surface area contributed by atoms with E-state index < -0.39 is 0 Å². The molecule has 2 aromatic rings. The Morgan fingerprint density at radius 1 is 1.38 bits per heavy atom. The van der Waals surface area contributed by atoms with E-state index in [2.05, 4.69) is 36.8 Å². The molecule has 68 valence electrons. The first-order chi connectivity index (χ1) is 6.20. The predicted molar refractivity (Wildman–Crippen MR) is 54.9 cm³/mol. The second-order valence-electron chi connectivity index (χ2n) is 3.74. The lowest BCUT2D eigenvalue weighted by Gasteiger charge is -2.03. The summed E-state index contributed by atoms with van der Waals surface area (Å²) in [5.41, 5.74) is 3.82. The first-order valence-electron chi connectivity index (χ1n) is 4.62. The number of fused-ring (bicyclic) bond motifs is 1. The molecule has 0 aliphatic carbocycles. The molecule has 0 atom stereocenters. The number of rotatable bonds is 1. The van der Waals surface area contributed by atoms with Gasteiger partial charge in [-0.15, -0.1) is 0 Å². The summed E-state index contributed by atoms with van der Waals surface area (Å²) in [5.74, 6) is 0.566. The molecular weight excluding hydrogens is 160 g/mol. The van der Waals surface area contributed by atoms with Gasteiger partial charge < -0.3 is 4.98 Å². The van der Waals surface area contributed by atoms with Gasteiger partial charge >= 0.3 is 0 Å². The summed E-state index contributed by atoms with van der Waals surface area (Å²) >= 11 is 0. The zero-order valence-corrected chi connectivity index (χ0v) is 8.26. The minimum Gasteiger partial charge on any atom is -0.357 e. The van der Waals surface area contributed by atoms with Crippen molar-refractivity contribution in [2.75, 3.05) is 0 Å². The fourth-order valence-electron chi connectivity index (χ4n) is 1.94. The molecule has 0 unspecified atom stereocenters. The molecule has 2 heteroatoms. The second-order valence-corrected chi connectivity index (χ2v) is 3.74. The van der Waals surface area contributed by atoms with Gasteiger partial charge in [0.25, 0.3) is 0 Å². The average Bonchev–Trinajstić information content (AvgIpc) is 2.39.